The van der Waals surface area contributed by atoms with E-state index in [0.717, 1.165) is 49.7 Å². The number of esters is 5. The highest BCUT2D eigenvalue weighted by Gasteiger charge is 2.43. The predicted molar refractivity (Wildman–Crippen MR) is 306 cm³/mol. The Bertz CT molecular complexity index is 2060. The average Bonchev–Trinajstić information content (AvgIpc) is 3.89. The molecule has 0 saturated carbocycles. The number of carbonyl (C=O) groups is 5. The molecular weight excluding hydrogens is 989 g/mol. The van der Waals surface area contributed by atoms with Crippen LogP contribution < -0.4 is 0 Å². The molecule has 2 aliphatic rings. The van der Waals surface area contributed by atoms with Crippen molar-refractivity contribution in [2.45, 2.75) is 266 Å². The van der Waals surface area contributed by atoms with E-state index in [1.807, 2.05) is 60.7 Å². The van der Waals surface area contributed by atoms with Crippen molar-refractivity contribution in [3.05, 3.63) is 94.5 Å². The quantitative estimate of drug-likeness (QED) is 0.0379. The fourth-order valence-corrected chi connectivity index (χ4v) is 9.15. The summed E-state index contributed by atoms with van der Waals surface area (Å²) in [7, 11) is 0. The molecule has 78 heavy (non-hydrogen) atoms. The summed E-state index contributed by atoms with van der Waals surface area (Å²) in [4.78, 5) is 61.9. The van der Waals surface area contributed by atoms with E-state index in [2.05, 4.69) is 13.8 Å². The van der Waals surface area contributed by atoms with Gasteiger partial charge in [0.1, 0.15) is 32.5 Å². The van der Waals surface area contributed by atoms with Crippen LogP contribution in [0.25, 0.3) is 0 Å². The molecule has 0 unspecified atom stereocenters. The Morgan fingerprint density at radius 1 is 0.500 bits per heavy atom. The number of aliphatic hydroxyl groups is 1. The Kier molecular flexibility index (Phi) is 34.5. The van der Waals surface area contributed by atoms with Crippen LogP contribution in [-0.2, 0) is 70.3 Å². The third kappa shape index (κ3) is 28.1. The first-order chi connectivity index (χ1) is 37.7. The molecule has 13 heteroatoms. The molecule has 2 heterocycles. The van der Waals surface area contributed by atoms with Gasteiger partial charge in [-0.1, -0.05) is 229 Å². The number of cyclic esters (lactones) is 2. The van der Waals surface area contributed by atoms with Gasteiger partial charge in [-0.25, -0.2) is 9.59 Å². The molecule has 2 aromatic rings. The summed E-state index contributed by atoms with van der Waals surface area (Å²) in [6, 6.07) is 19.1. The van der Waals surface area contributed by atoms with Crippen LogP contribution >= 0.6 is 0 Å². The topological polar surface area (TPSA) is 170 Å². The maximum atomic E-state index is 12.8. The maximum absolute atomic E-state index is 12.8. The zero-order valence-corrected chi connectivity index (χ0v) is 49.1. The normalized spacial score (nSPS) is 16.0. The monoisotopic (exact) mass is 1090 g/mol. The fraction of sp³-hybridized carbons (Fsp3) is 0.677. The minimum atomic E-state index is -1.17. The lowest BCUT2D eigenvalue weighted by atomic mass is 9.97. The highest BCUT2D eigenvalue weighted by atomic mass is 16.6. The SMILES string of the molecule is CCCCCCCCCCCCCCCC(=O)OC[C@H](O)[C@H]1OC(=O)C(C)=C1OCc1ccccc1.CCCCCCCCCCCCCCCC(=O)OC[C@H](OC(=O)C(C)(C)C)[C@H]1OC(=O)C(C)=C1OCc1ccccc1. The number of benzene rings is 2. The van der Waals surface area contributed by atoms with Gasteiger partial charge in [0, 0.05) is 12.8 Å². The van der Waals surface area contributed by atoms with Crippen LogP contribution in [0.4, 0.5) is 0 Å². The molecule has 1 N–H and O–H groups in total. The van der Waals surface area contributed by atoms with Crippen LogP contribution in [0, 0.1) is 5.41 Å². The Hall–Kier alpha value is -5.17. The summed E-state index contributed by atoms with van der Waals surface area (Å²) in [6.07, 6.45) is 28.7. The zero-order valence-electron chi connectivity index (χ0n) is 49.1. The Labute approximate surface area is 469 Å². The number of unbranched alkanes of at least 4 members (excludes halogenated alkanes) is 24. The van der Waals surface area contributed by atoms with E-state index >= 15 is 0 Å². The highest BCUT2D eigenvalue weighted by Crippen LogP contribution is 2.31. The molecule has 0 amide bonds. The van der Waals surface area contributed by atoms with Gasteiger partial charge in [-0.05, 0) is 58.6 Å². The first kappa shape index (κ1) is 67.1. The molecule has 0 saturated heterocycles. The molecule has 0 aromatic heterocycles. The predicted octanol–water partition coefficient (Wildman–Crippen LogP) is 15.2. The molecule has 0 aliphatic carbocycles. The van der Waals surface area contributed by atoms with Crippen molar-refractivity contribution in [2.75, 3.05) is 13.2 Å². The molecule has 0 radical (unpaired) electrons. The molecule has 0 fully saturated rings. The molecule has 2 aromatic carbocycles. The van der Waals surface area contributed by atoms with Gasteiger partial charge in [0.2, 0.25) is 0 Å². The molecule has 438 valence electrons. The van der Waals surface area contributed by atoms with E-state index in [0.29, 0.717) is 35.5 Å². The minimum Gasteiger partial charge on any atom is -0.489 e. The van der Waals surface area contributed by atoms with Crippen molar-refractivity contribution in [1.29, 1.82) is 0 Å². The van der Waals surface area contributed by atoms with Gasteiger partial charge < -0.3 is 38.3 Å². The number of ether oxygens (including phenoxy) is 7. The summed E-state index contributed by atoms with van der Waals surface area (Å²) in [5.41, 5.74) is 1.71. The van der Waals surface area contributed by atoms with Gasteiger partial charge in [-0.15, -0.1) is 0 Å². The van der Waals surface area contributed by atoms with Gasteiger partial charge in [0.05, 0.1) is 16.6 Å². The Morgan fingerprint density at radius 3 is 1.21 bits per heavy atom. The van der Waals surface area contributed by atoms with Crippen molar-refractivity contribution < 1.29 is 62.2 Å². The summed E-state index contributed by atoms with van der Waals surface area (Å²) in [6.45, 7) is 13.0. The summed E-state index contributed by atoms with van der Waals surface area (Å²) >= 11 is 0. The average molecular weight is 1090 g/mol. The lowest BCUT2D eigenvalue weighted by Gasteiger charge is -2.27. The van der Waals surface area contributed by atoms with Crippen LogP contribution in [-0.4, -0.2) is 72.6 Å². The van der Waals surface area contributed by atoms with E-state index in [-0.39, 0.29) is 38.4 Å². The summed E-state index contributed by atoms with van der Waals surface area (Å²) < 4.78 is 39.1. The molecule has 4 rings (SSSR count). The number of rotatable bonds is 41. The molecule has 4 atom stereocenters. The van der Waals surface area contributed by atoms with Crippen molar-refractivity contribution in [3.63, 3.8) is 0 Å². The van der Waals surface area contributed by atoms with Crippen molar-refractivity contribution in [3.8, 4) is 0 Å². The van der Waals surface area contributed by atoms with Crippen LogP contribution in [0.3, 0.4) is 0 Å². The second-order valence-corrected chi connectivity index (χ2v) is 22.3. The number of aliphatic hydroxyl groups excluding tert-OH is 1. The first-order valence-electron chi connectivity index (χ1n) is 30.0. The number of hydrogen-bond donors (Lipinski definition) is 1. The van der Waals surface area contributed by atoms with E-state index in [1.165, 1.54) is 128 Å². The lowest BCUT2D eigenvalue weighted by molar-refractivity contribution is -0.177. The van der Waals surface area contributed by atoms with Gasteiger partial charge in [-0.3, -0.25) is 14.4 Å². The second kappa shape index (κ2) is 40.1. The fourth-order valence-electron chi connectivity index (χ4n) is 9.15. The lowest BCUT2D eigenvalue weighted by Crippen LogP contribution is -2.41. The van der Waals surface area contributed by atoms with Crippen molar-refractivity contribution >= 4 is 29.8 Å². The first-order valence-corrected chi connectivity index (χ1v) is 30.0. The van der Waals surface area contributed by atoms with Crippen molar-refractivity contribution in [2.24, 2.45) is 5.41 Å². The Morgan fingerprint density at radius 2 is 0.833 bits per heavy atom. The maximum Gasteiger partial charge on any atom is 0.338 e. The standard InChI is InChI=1S/C35H54O7.C30H46O6/c1-6-7-8-9-10-11-12-13-14-15-16-17-21-24-30(36)39-26-29(41-34(38)35(3,4)5)32-31(27(2)33(37)42-32)40-25-28-22-19-18-20-23-28;1-3-4-5-6-7-8-9-10-11-12-13-14-18-21-27(32)34-23-26(31)29-28(24(2)30(33)36-29)35-22-25-19-16-15-17-20-25/h18-20,22-23,29,32H,6-17,21,24-26H2,1-5H3;15-17,19-20,26,29,31H,3-14,18,21-23H2,1-2H3/t29-,32+;26-,29+/m00/s1. The summed E-state index contributed by atoms with van der Waals surface area (Å²) in [5, 5.41) is 10.5. The van der Waals surface area contributed by atoms with E-state index in [1.54, 1.807) is 34.6 Å². The molecule has 0 bridgehead atoms. The van der Waals surface area contributed by atoms with Crippen LogP contribution in [0.2, 0.25) is 0 Å². The van der Waals surface area contributed by atoms with Crippen LogP contribution in [0.1, 0.15) is 239 Å². The van der Waals surface area contributed by atoms with E-state index in [9.17, 15) is 29.1 Å². The van der Waals surface area contributed by atoms with Gasteiger partial charge in [0.25, 0.3) is 0 Å². The van der Waals surface area contributed by atoms with E-state index in [4.69, 9.17) is 33.2 Å². The van der Waals surface area contributed by atoms with Crippen molar-refractivity contribution in [1.82, 2.24) is 0 Å². The smallest absolute Gasteiger partial charge is 0.338 e. The molecule has 2 aliphatic heterocycles. The Balaban J connectivity index is 0.000000415. The van der Waals surface area contributed by atoms with Gasteiger partial charge >= 0.3 is 29.8 Å². The molecule has 0 spiro atoms. The number of carbonyl (C=O) groups excluding carboxylic acids is 5. The largest absolute Gasteiger partial charge is 0.489 e. The molecule has 13 nitrogen and oxygen atoms in total. The summed E-state index contributed by atoms with van der Waals surface area (Å²) in [5.74, 6) is -1.66. The zero-order chi connectivity index (χ0) is 56.8. The highest BCUT2D eigenvalue weighted by molar-refractivity contribution is 5.91. The van der Waals surface area contributed by atoms with Crippen LogP contribution in [0.15, 0.2) is 83.3 Å². The third-order valence-electron chi connectivity index (χ3n) is 14.2. The van der Waals surface area contributed by atoms with E-state index < -0.39 is 47.7 Å². The minimum absolute atomic E-state index is 0.220. The second-order valence-electron chi connectivity index (χ2n) is 22.3. The molecular formula is C65H100O13. The number of hydrogen-bond acceptors (Lipinski definition) is 13. The van der Waals surface area contributed by atoms with Gasteiger partial charge in [-0.2, -0.15) is 0 Å². The van der Waals surface area contributed by atoms with Gasteiger partial charge in [0.15, 0.2) is 29.8 Å². The third-order valence-corrected chi connectivity index (χ3v) is 14.2. The van der Waals surface area contributed by atoms with Crippen LogP contribution in [0.5, 0.6) is 0 Å².